The molecule has 2 unspecified atom stereocenters. The van der Waals surface area contributed by atoms with E-state index in [0.29, 0.717) is 0 Å². The van der Waals surface area contributed by atoms with Gasteiger partial charge in [0, 0.05) is 0 Å². The van der Waals surface area contributed by atoms with Crippen molar-refractivity contribution in [3.63, 3.8) is 0 Å². The molecule has 0 amide bonds. The molecule has 0 spiro atoms. The van der Waals surface area contributed by atoms with Crippen LogP contribution in [-0.2, 0) is 9.53 Å². The minimum absolute atomic E-state index is 0.189. The number of aliphatic hydroxyl groups excluding tert-OH is 1. The average Bonchev–Trinajstić information content (AvgIpc) is 2.26. The van der Waals surface area contributed by atoms with Crippen LogP contribution in [0.4, 0.5) is 0 Å². The molecule has 0 aliphatic rings. The molecule has 4 nitrogen and oxygen atoms in total. The summed E-state index contributed by atoms with van der Waals surface area (Å²) in [6.45, 7) is 4.62. The Kier molecular flexibility index (Phi) is 9.24. The number of hydrogen-bond donors (Lipinski definition) is 2. The van der Waals surface area contributed by atoms with Gasteiger partial charge < -0.3 is 15.2 Å². The predicted molar refractivity (Wildman–Crippen MR) is 64.2 cm³/mol. The molecular weight excluding hydrogens is 206 g/mol. The minimum Gasteiger partial charge on any atom is -0.468 e. The van der Waals surface area contributed by atoms with Gasteiger partial charge in [0.15, 0.2) is 0 Å². The molecule has 0 aliphatic heterocycles. The summed E-state index contributed by atoms with van der Waals surface area (Å²) in [6, 6.07) is -0.195. The van der Waals surface area contributed by atoms with Crippen LogP contribution in [0.15, 0.2) is 0 Å². The topological polar surface area (TPSA) is 58.6 Å². The van der Waals surface area contributed by atoms with Gasteiger partial charge in [0.1, 0.15) is 6.04 Å². The molecule has 16 heavy (non-hydrogen) atoms. The van der Waals surface area contributed by atoms with Crippen LogP contribution in [0, 0.1) is 0 Å². The number of carbonyl (C=O) groups excluding carboxylic acids is 1. The van der Waals surface area contributed by atoms with Gasteiger partial charge in [0.05, 0.1) is 13.2 Å². The molecule has 0 radical (unpaired) electrons. The fraction of sp³-hybridized carbons (Fsp3) is 0.917. The van der Waals surface area contributed by atoms with Gasteiger partial charge in [-0.25, -0.2) is 0 Å². The van der Waals surface area contributed by atoms with E-state index in [2.05, 4.69) is 12.2 Å². The summed E-state index contributed by atoms with van der Waals surface area (Å²) >= 11 is 0. The van der Waals surface area contributed by atoms with Gasteiger partial charge in [-0.2, -0.15) is 0 Å². The summed E-state index contributed by atoms with van der Waals surface area (Å²) in [5, 5.41) is 12.3. The fourth-order valence-electron chi connectivity index (χ4n) is 1.53. The van der Waals surface area contributed by atoms with E-state index in [-0.39, 0.29) is 18.1 Å². The van der Waals surface area contributed by atoms with E-state index in [0.717, 1.165) is 38.6 Å². The lowest BCUT2D eigenvalue weighted by Gasteiger charge is -2.16. The Morgan fingerprint density at radius 3 is 2.56 bits per heavy atom. The van der Waals surface area contributed by atoms with Crippen molar-refractivity contribution in [3.05, 3.63) is 0 Å². The number of unbranched alkanes of at least 4 members (excludes halogenated alkanes) is 1. The number of ether oxygens (including phenoxy) is 1. The second-order valence-electron chi connectivity index (χ2n) is 4.16. The number of hydrogen-bond acceptors (Lipinski definition) is 4. The molecule has 0 bridgehead atoms. The first-order valence-electron chi connectivity index (χ1n) is 6.11. The Labute approximate surface area is 98.4 Å². The molecule has 96 valence electrons. The molecular formula is C12H25NO3. The highest BCUT2D eigenvalue weighted by molar-refractivity contribution is 5.75. The molecule has 2 atom stereocenters. The quantitative estimate of drug-likeness (QED) is 0.466. The Morgan fingerprint density at radius 2 is 2.06 bits per heavy atom. The molecule has 0 saturated heterocycles. The predicted octanol–water partition coefficient (Wildman–Crippen LogP) is 1.47. The summed E-state index contributed by atoms with van der Waals surface area (Å²) in [4.78, 5) is 11.4. The number of rotatable bonds is 9. The largest absolute Gasteiger partial charge is 0.468 e. The number of nitrogens with one attached hydrogen (secondary N) is 1. The van der Waals surface area contributed by atoms with Crippen LogP contribution >= 0.6 is 0 Å². The molecule has 0 saturated carbocycles. The van der Waals surface area contributed by atoms with Crippen LogP contribution in [0.5, 0.6) is 0 Å². The van der Waals surface area contributed by atoms with Gasteiger partial charge in [-0.05, 0) is 32.7 Å². The van der Waals surface area contributed by atoms with Crippen molar-refractivity contribution in [2.75, 3.05) is 13.7 Å². The van der Waals surface area contributed by atoms with Gasteiger partial charge in [-0.3, -0.25) is 4.79 Å². The monoisotopic (exact) mass is 231 g/mol. The molecule has 0 aromatic heterocycles. The molecule has 0 aliphatic carbocycles. The number of methoxy groups -OCH3 is 1. The average molecular weight is 231 g/mol. The zero-order valence-corrected chi connectivity index (χ0v) is 10.7. The maximum atomic E-state index is 11.4. The van der Waals surface area contributed by atoms with Crippen molar-refractivity contribution in [3.8, 4) is 0 Å². The van der Waals surface area contributed by atoms with Crippen LogP contribution in [-0.4, -0.2) is 36.9 Å². The van der Waals surface area contributed by atoms with Gasteiger partial charge in [0.2, 0.25) is 0 Å². The third kappa shape index (κ3) is 7.65. The van der Waals surface area contributed by atoms with E-state index in [1.54, 1.807) is 6.92 Å². The van der Waals surface area contributed by atoms with Gasteiger partial charge in [-0.15, -0.1) is 0 Å². The molecule has 0 aromatic carbocycles. The highest BCUT2D eigenvalue weighted by Crippen LogP contribution is 2.03. The van der Waals surface area contributed by atoms with Crippen molar-refractivity contribution >= 4 is 5.97 Å². The lowest BCUT2D eigenvalue weighted by molar-refractivity contribution is -0.143. The molecule has 0 aromatic rings. The van der Waals surface area contributed by atoms with E-state index in [9.17, 15) is 4.79 Å². The van der Waals surface area contributed by atoms with Crippen LogP contribution in [0.1, 0.15) is 46.0 Å². The Balaban J connectivity index is 3.78. The van der Waals surface area contributed by atoms with E-state index in [4.69, 9.17) is 9.84 Å². The molecule has 2 N–H and O–H groups in total. The van der Waals surface area contributed by atoms with Gasteiger partial charge >= 0.3 is 5.97 Å². The Morgan fingerprint density at radius 1 is 1.38 bits per heavy atom. The zero-order chi connectivity index (χ0) is 12.4. The third-order valence-corrected chi connectivity index (χ3v) is 2.52. The maximum Gasteiger partial charge on any atom is 0.322 e. The molecule has 0 heterocycles. The van der Waals surface area contributed by atoms with Crippen LogP contribution in [0.3, 0.4) is 0 Å². The zero-order valence-electron chi connectivity index (χ0n) is 10.7. The van der Waals surface area contributed by atoms with Crippen molar-refractivity contribution < 1.29 is 14.6 Å². The first kappa shape index (κ1) is 15.4. The van der Waals surface area contributed by atoms with Crippen LogP contribution < -0.4 is 5.32 Å². The first-order chi connectivity index (χ1) is 7.61. The summed E-state index contributed by atoms with van der Waals surface area (Å²) in [5.74, 6) is -0.189. The second-order valence-corrected chi connectivity index (χ2v) is 4.16. The summed E-state index contributed by atoms with van der Waals surface area (Å²) in [7, 11) is 1.42. The van der Waals surface area contributed by atoms with E-state index in [1.807, 2.05) is 0 Å². The highest BCUT2D eigenvalue weighted by atomic mass is 16.5. The van der Waals surface area contributed by atoms with E-state index >= 15 is 0 Å². The van der Waals surface area contributed by atoms with Crippen LogP contribution in [0.25, 0.3) is 0 Å². The number of carbonyl (C=O) groups is 1. The third-order valence-electron chi connectivity index (χ3n) is 2.52. The highest BCUT2D eigenvalue weighted by Gasteiger charge is 2.17. The minimum atomic E-state index is -0.269. The lowest BCUT2D eigenvalue weighted by Crippen LogP contribution is -2.38. The first-order valence-corrected chi connectivity index (χ1v) is 6.11. The number of esters is 1. The Bertz CT molecular complexity index is 183. The normalized spacial score (nSPS) is 14.5. The SMILES string of the molecule is CCCCC(NCCCC(C)O)C(=O)OC. The maximum absolute atomic E-state index is 11.4. The summed E-state index contributed by atoms with van der Waals surface area (Å²) in [6.07, 6.45) is 4.27. The number of aliphatic hydroxyl groups is 1. The lowest BCUT2D eigenvalue weighted by atomic mass is 10.1. The van der Waals surface area contributed by atoms with Crippen molar-refractivity contribution in [1.29, 1.82) is 0 Å². The van der Waals surface area contributed by atoms with Crippen molar-refractivity contribution in [2.45, 2.75) is 58.1 Å². The molecule has 4 heteroatoms. The summed E-state index contributed by atoms with van der Waals surface area (Å²) < 4.78 is 4.74. The molecule has 0 fully saturated rings. The standard InChI is InChI=1S/C12H25NO3/c1-4-5-8-11(12(15)16-3)13-9-6-7-10(2)14/h10-11,13-14H,4-9H2,1-3H3. The van der Waals surface area contributed by atoms with E-state index in [1.165, 1.54) is 7.11 Å². The fourth-order valence-corrected chi connectivity index (χ4v) is 1.53. The van der Waals surface area contributed by atoms with Crippen molar-refractivity contribution in [1.82, 2.24) is 5.32 Å². The summed E-state index contributed by atoms with van der Waals surface area (Å²) in [5.41, 5.74) is 0. The second kappa shape index (κ2) is 9.60. The molecule has 0 rings (SSSR count). The van der Waals surface area contributed by atoms with E-state index < -0.39 is 0 Å². The van der Waals surface area contributed by atoms with Gasteiger partial charge in [0.25, 0.3) is 0 Å². The Hall–Kier alpha value is -0.610. The van der Waals surface area contributed by atoms with Crippen LogP contribution in [0.2, 0.25) is 0 Å². The smallest absolute Gasteiger partial charge is 0.322 e. The van der Waals surface area contributed by atoms with Gasteiger partial charge in [-0.1, -0.05) is 19.8 Å². The van der Waals surface area contributed by atoms with Crippen molar-refractivity contribution in [2.24, 2.45) is 0 Å².